The Balaban J connectivity index is 1.18. The molecule has 56 heavy (non-hydrogen) atoms. The average molecular weight is 735 g/mol. The number of benzene rings is 8. The summed E-state index contributed by atoms with van der Waals surface area (Å²) < 4.78 is 42.2. The van der Waals surface area contributed by atoms with Crippen LogP contribution in [0.5, 0.6) is 0 Å². The molecule has 8 aromatic rings. The minimum atomic E-state index is -4.48. The summed E-state index contributed by atoms with van der Waals surface area (Å²) in [6.07, 6.45) is -4.48. The fraction of sp³-hybridized carbons (Fsp3) is 0.0204. The van der Waals surface area contributed by atoms with Crippen LogP contribution in [0.3, 0.4) is 0 Å². The van der Waals surface area contributed by atoms with E-state index in [4.69, 9.17) is 0 Å². The molecule has 0 N–H and O–H groups in total. The Morgan fingerprint density at radius 3 is 0.982 bits per heavy atom. The fourth-order valence-electron chi connectivity index (χ4n) is 8.01. The molecule has 0 atom stereocenters. The minimum absolute atomic E-state index is 0.431. The van der Waals surface area contributed by atoms with E-state index in [2.05, 4.69) is 130 Å². The van der Waals surface area contributed by atoms with Crippen LogP contribution in [0.1, 0.15) is 5.56 Å². The van der Waals surface area contributed by atoms with E-state index >= 15 is 0 Å². The maximum absolute atomic E-state index is 14.1. The van der Waals surface area contributed by atoms with Crippen LogP contribution in [-0.4, -0.2) is 0 Å². The van der Waals surface area contributed by atoms with Crippen LogP contribution in [0.25, 0.3) is 11.1 Å². The molecule has 0 aromatic heterocycles. The van der Waals surface area contributed by atoms with Crippen molar-refractivity contribution >= 4 is 68.2 Å². The van der Waals surface area contributed by atoms with E-state index in [0.717, 1.165) is 79.8 Å². The molecule has 270 valence electrons. The SMILES string of the molecule is FC(F)(F)c1cccc(N2c3ccccc3N(c3ccccc3)c3cc(-c4ccc5c(c4)N(c4ccccc4)c4ccccc4N5c4ccccc4)ccc32)c1. The van der Waals surface area contributed by atoms with Crippen molar-refractivity contribution in [2.45, 2.75) is 6.18 Å². The molecule has 0 spiro atoms. The largest absolute Gasteiger partial charge is 0.416 e. The third-order valence-corrected chi connectivity index (χ3v) is 10.4. The maximum Gasteiger partial charge on any atom is 0.416 e. The summed E-state index contributed by atoms with van der Waals surface area (Å²) in [5.41, 5.74) is 12.2. The molecule has 0 bridgehead atoms. The first kappa shape index (κ1) is 33.3. The Bertz CT molecular complexity index is 2720. The van der Waals surface area contributed by atoms with E-state index in [1.165, 1.54) is 12.1 Å². The molecule has 0 radical (unpaired) electrons. The maximum atomic E-state index is 14.1. The van der Waals surface area contributed by atoms with E-state index in [1.807, 2.05) is 65.6 Å². The quantitative estimate of drug-likeness (QED) is 0.175. The Labute approximate surface area is 323 Å². The molecule has 2 aliphatic rings. The molecular weight excluding hydrogens is 702 g/mol. The molecule has 0 amide bonds. The summed E-state index contributed by atoms with van der Waals surface area (Å²) in [5.74, 6) is 0. The van der Waals surface area contributed by atoms with E-state index < -0.39 is 11.7 Å². The van der Waals surface area contributed by atoms with Gasteiger partial charge in [-0.05, 0) is 114 Å². The van der Waals surface area contributed by atoms with Crippen LogP contribution in [0, 0.1) is 0 Å². The summed E-state index contributed by atoms with van der Waals surface area (Å²) in [6.45, 7) is 0. The molecule has 0 saturated carbocycles. The second-order valence-electron chi connectivity index (χ2n) is 13.8. The van der Waals surface area contributed by atoms with Gasteiger partial charge in [-0.1, -0.05) is 97.1 Å². The lowest BCUT2D eigenvalue weighted by Gasteiger charge is -2.41. The number of alkyl halides is 3. The predicted molar refractivity (Wildman–Crippen MR) is 223 cm³/mol. The lowest BCUT2D eigenvalue weighted by molar-refractivity contribution is -0.137. The van der Waals surface area contributed by atoms with Crippen LogP contribution < -0.4 is 19.6 Å². The molecule has 2 aliphatic heterocycles. The normalized spacial score (nSPS) is 13.1. The van der Waals surface area contributed by atoms with Gasteiger partial charge >= 0.3 is 6.18 Å². The third kappa shape index (κ3) is 5.55. The number of rotatable bonds is 5. The van der Waals surface area contributed by atoms with Gasteiger partial charge in [0.15, 0.2) is 0 Å². The van der Waals surface area contributed by atoms with Crippen molar-refractivity contribution in [2.24, 2.45) is 0 Å². The Morgan fingerprint density at radius 1 is 0.268 bits per heavy atom. The zero-order chi connectivity index (χ0) is 37.8. The number of hydrogen-bond donors (Lipinski definition) is 0. The van der Waals surface area contributed by atoms with Gasteiger partial charge < -0.3 is 19.6 Å². The van der Waals surface area contributed by atoms with Gasteiger partial charge in [-0.25, -0.2) is 0 Å². The van der Waals surface area contributed by atoms with Gasteiger partial charge in [0.1, 0.15) is 0 Å². The Hall–Kier alpha value is -7.25. The summed E-state index contributed by atoms with van der Waals surface area (Å²) in [6, 6.07) is 65.6. The van der Waals surface area contributed by atoms with E-state index in [9.17, 15) is 13.2 Å². The van der Waals surface area contributed by atoms with Crippen molar-refractivity contribution in [3.63, 3.8) is 0 Å². The first-order valence-electron chi connectivity index (χ1n) is 18.4. The summed E-state index contributed by atoms with van der Waals surface area (Å²) in [7, 11) is 0. The number of anilines is 12. The number of fused-ring (bicyclic) bond motifs is 4. The molecule has 10 rings (SSSR count). The first-order chi connectivity index (χ1) is 27.4. The monoisotopic (exact) mass is 734 g/mol. The Kier molecular flexibility index (Phi) is 7.89. The zero-order valence-electron chi connectivity index (χ0n) is 30.0. The van der Waals surface area contributed by atoms with Crippen LogP contribution in [0.15, 0.2) is 200 Å². The molecular formula is C49H33F3N4. The zero-order valence-corrected chi connectivity index (χ0v) is 30.0. The van der Waals surface area contributed by atoms with Crippen molar-refractivity contribution in [3.8, 4) is 11.1 Å². The second kappa shape index (κ2) is 13.2. The minimum Gasteiger partial charge on any atom is -0.306 e. The average Bonchev–Trinajstić information content (AvgIpc) is 3.25. The second-order valence-corrected chi connectivity index (χ2v) is 13.8. The van der Waals surface area contributed by atoms with Crippen LogP contribution in [0.4, 0.5) is 81.4 Å². The lowest BCUT2D eigenvalue weighted by atomic mass is 9.97. The van der Waals surface area contributed by atoms with Gasteiger partial charge in [0.25, 0.3) is 0 Å². The predicted octanol–water partition coefficient (Wildman–Crippen LogP) is 14.9. The molecule has 0 saturated heterocycles. The number of nitrogens with zero attached hydrogens (tertiary/aromatic N) is 4. The fourth-order valence-corrected chi connectivity index (χ4v) is 8.01. The number of halogens is 3. The molecule has 2 heterocycles. The van der Waals surface area contributed by atoms with Gasteiger partial charge in [-0.15, -0.1) is 0 Å². The van der Waals surface area contributed by atoms with Crippen molar-refractivity contribution < 1.29 is 13.2 Å². The highest BCUT2D eigenvalue weighted by Crippen LogP contribution is 2.57. The van der Waals surface area contributed by atoms with E-state index in [-0.39, 0.29) is 0 Å². The van der Waals surface area contributed by atoms with E-state index in [1.54, 1.807) is 6.07 Å². The molecule has 4 nitrogen and oxygen atoms in total. The molecule has 7 heteroatoms. The summed E-state index contributed by atoms with van der Waals surface area (Å²) in [5, 5.41) is 0. The van der Waals surface area contributed by atoms with Gasteiger partial charge in [0.05, 0.1) is 51.1 Å². The summed E-state index contributed by atoms with van der Waals surface area (Å²) in [4.78, 5) is 8.75. The van der Waals surface area contributed by atoms with Crippen LogP contribution >= 0.6 is 0 Å². The Morgan fingerprint density at radius 2 is 0.589 bits per heavy atom. The standard InChI is InChI=1S/C49H33F3N4/c50-49(51,52)36-15-14-22-40(33-36)56-44-26-13-12-25-43(44)55(39-20-8-3-9-21-39)48-32-35(28-30-46(48)56)34-27-29-45-47(31-34)54(38-18-6-2-7-19-38)42-24-11-10-23-41(42)53(45)37-16-4-1-5-17-37/h1-33H. The van der Waals surface area contributed by atoms with Gasteiger partial charge in [0, 0.05) is 22.7 Å². The third-order valence-electron chi connectivity index (χ3n) is 10.4. The highest BCUT2D eigenvalue weighted by molar-refractivity contribution is 6.05. The number of para-hydroxylation sites is 7. The lowest BCUT2D eigenvalue weighted by Crippen LogP contribution is -2.24. The van der Waals surface area contributed by atoms with Crippen LogP contribution in [-0.2, 0) is 6.18 Å². The molecule has 0 aliphatic carbocycles. The summed E-state index contributed by atoms with van der Waals surface area (Å²) >= 11 is 0. The molecule has 0 unspecified atom stereocenters. The van der Waals surface area contributed by atoms with Crippen molar-refractivity contribution in [1.82, 2.24) is 0 Å². The first-order valence-corrected chi connectivity index (χ1v) is 18.4. The van der Waals surface area contributed by atoms with Crippen molar-refractivity contribution in [3.05, 3.63) is 206 Å². The van der Waals surface area contributed by atoms with Crippen molar-refractivity contribution in [1.29, 1.82) is 0 Å². The van der Waals surface area contributed by atoms with Gasteiger partial charge in [-0.3, -0.25) is 0 Å². The smallest absolute Gasteiger partial charge is 0.306 e. The van der Waals surface area contributed by atoms with Gasteiger partial charge in [0.2, 0.25) is 0 Å². The van der Waals surface area contributed by atoms with Crippen LogP contribution in [0.2, 0.25) is 0 Å². The van der Waals surface area contributed by atoms with E-state index in [0.29, 0.717) is 5.69 Å². The topological polar surface area (TPSA) is 13.0 Å². The molecule has 8 aromatic carbocycles. The highest BCUT2D eigenvalue weighted by Gasteiger charge is 2.35. The van der Waals surface area contributed by atoms with Gasteiger partial charge in [-0.2, -0.15) is 13.2 Å². The molecule has 0 fully saturated rings. The highest BCUT2D eigenvalue weighted by atomic mass is 19.4. The number of hydrogen-bond acceptors (Lipinski definition) is 4. The van der Waals surface area contributed by atoms with Crippen molar-refractivity contribution in [2.75, 3.05) is 19.6 Å².